The SMILES string of the molecule is N[C@H](c1cccc(F)c1Br)C1CCCCC1. The van der Waals surface area contributed by atoms with Crippen LogP contribution in [0, 0.1) is 11.7 Å². The number of hydrogen-bond donors (Lipinski definition) is 1. The summed E-state index contributed by atoms with van der Waals surface area (Å²) in [4.78, 5) is 0. The Morgan fingerprint density at radius 1 is 1.25 bits per heavy atom. The highest BCUT2D eigenvalue weighted by Crippen LogP contribution is 2.36. The van der Waals surface area contributed by atoms with E-state index >= 15 is 0 Å². The molecule has 0 radical (unpaired) electrons. The lowest BCUT2D eigenvalue weighted by molar-refractivity contribution is 0.307. The van der Waals surface area contributed by atoms with Crippen molar-refractivity contribution in [2.45, 2.75) is 38.1 Å². The number of halogens is 2. The van der Waals surface area contributed by atoms with Crippen molar-refractivity contribution in [3.05, 3.63) is 34.1 Å². The Kier molecular flexibility index (Phi) is 3.98. The van der Waals surface area contributed by atoms with Crippen LogP contribution >= 0.6 is 15.9 Å². The number of rotatable bonds is 2. The van der Waals surface area contributed by atoms with Crippen LogP contribution in [0.3, 0.4) is 0 Å². The molecule has 0 heterocycles. The molecular formula is C13H17BrFN. The molecule has 1 fully saturated rings. The van der Waals surface area contributed by atoms with Crippen molar-refractivity contribution in [3.63, 3.8) is 0 Å². The molecule has 16 heavy (non-hydrogen) atoms. The van der Waals surface area contributed by atoms with Crippen LogP contribution in [0.5, 0.6) is 0 Å². The van der Waals surface area contributed by atoms with Gasteiger partial charge in [-0.3, -0.25) is 0 Å². The molecular weight excluding hydrogens is 269 g/mol. The quantitative estimate of drug-likeness (QED) is 0.867. The van der Waals surface area contributed by atoms with Crippen molar-refractivity contribution in [1.82, 2.24) is 0 Å². The van der Waals surface area contributed by atoms with Gasteiger partial charge in [0.15, 0.2) is 0 Å². The van der Waals surface area contributed by atoms with E-state index in [2.05, 4.69) is 15.9 Å². The second kappa shape index (κ2) is 5.28. The molecule has 0 aliphatic heterocycles. The lowest BCUT2D eigenvalue weighted by Crippen LogP contribution is -2.24. The fourth-order valence-electron chi connectivity index (χ4n) is 2.53. The summed E-state index contributed by atoms with van der Waals surface area (Å²) < 4.78 is 13.9. The first-order valence-corrected chi connectivity index (χ1v) is 6.69. The number of benzene rings is 1. The lowest BCUT2D eigenvalue weighted by atomic mass is 9.81. The molecule has 0 spiro atoms. The van der Waals surface area contributed by atoms with E-state index in [1.807, 2.05) is 6.07 Å². The first-order chi connectivity index (χ1) is 7.70. The van der Waals surface area contributed by atoms with Gasteiger partial charge in [0.1, 0.15) is 5.82 Å². The van der Waals surface area contributed by atoms with Crippen LogP contribution < -0.4 is 5.73 Å². The highest BCUT2D eigenvalue weighted by atomic mass is 79.9. The minimum Gasteiger partial charge on any atom is -0.324 e. The first kappa shape index (κ1) is 12.1. The van der Waals surface area contributed by atoms with E-state index in [0.29, 0.717) is 10.4 Å². The third-order valence-electron chi connectivity index (χ3n) is 3.50. The summed E-state index contributed by atoms with van der Waals surface area (Å²) in [7, 11) is 0. The van der Waals surface area contributed by atoms with Crippen molar-refractivity contribution >= 4 is 15.9 Å². The lowest BCUT2D eigenvalue weighted by Gasteiger charge is -2.28. The molecule has 1 aliphatic carbocycles. The Hall–Kier alpha value is -0.410. The van der Waals surface area contributed by atoms with Crippen LogP contribution in [-0.2, 0) is 0 Å². The molecule has 1 aromatic rings. The largest absolute Gasteiger partial charge is 0.324 e. The Morgan fingerprint density at radius 2 is 1.94 bits per heavy atom. The Balaban J connectivity index is 2.19. The highest BCUT2D eigenvalue weighted by molar-refractivity contribution is 9.10. The number of nitrogens with two attached hydrogens (primary N) is 1. The minimum absolute atomic E-state index is 0.0367. The Labute approximate surface area is 104 Å². The third kappa shape index (κ3) is 2.46. The standard InChI is InChI=1S/C13H17BrFN/c14-12-10(7-4-8-11(12)15)13(16)9-5-2-1-3-6-9/h4,7-9,13H,1-3,5-6,16H2/t13-/m0/s1. The monoisotopic (exact) mass is 285 g/mol. The van der Waals surface area contributed by atoms with Crippen molar-refractivity contribution < 1.29 is 4.39 Å². The van der Waals surface area contributed by atoms with Crippen LogP contribution in [0.2, 0.25) is 0 Å². The Morgan fingerprint density at radius 3 is 2.62 bits per heavy atom. The Bertz CT molecular complexity index is 361. The average Bonchev–Trinajstić information content (AvgIpc) is 2.33. The van der Waals surface area contributed by atoms with Gasteiger partial charge in [0.05, 0.1) is 4.47 Å². The normalized spacial score (nSPS) is 19.7. The summed E-state index contributed by atoms with van der Waals surface area (Å²) in [6.07, 6.45) is 6.17. The fourth-order valence-corrected chi connectivity index (χ4v) is 3.05. The molecule has 1 aromatic carbocycles. The van der Waals surface area contributed by atoms with Crippen molar-refractivity contribution in [2.75, 3.05) is 0 Å². The molecule has 2 N–H and O–H groups in total. The van der Waals surface area contributed by atoms with Gasteiger partial charge in [-0.15, -0.1) is 0 Å². The minimum atomic E-state index is -0.219. The fraction of sp³-hybridized carbons (Fsp3) is 0.538. The van der Waals surface area contributed by atoms with Crippen LogP contribution in [-0.4, -0.2) is 0 Å². The molecule has 0 aromatic heterocycles. The van der Waals surface area contributed by atoms with E-state index < -0.39 is 0 Å². The van der Waals surface area contributed by atoms with Crippen LogP contribution in [0.4, 0.5) is 4.39 Å². The van der Waals surface area contributed by atoms with Gasteiger partial charge in [0.25, 0.3) is 0 Å². The van der Waals surface area contributed by atoms with Crippen LogP contribution in [0.1, 0.15) is 43.7 Å². The van der Waals surface area contributed by atoms with E-state index in [4.69, 9.17) is 5.73 Å². The van der Waals surface area contributed by atoms with Gasteiger partial charge in [-0.25, -0.2) is 4.39 Å². The molecule has 0 amide bonds. The summed E-state index contributed by atoms with van der Waals surface area (Å²) in [6.45, 7) is 0. The highest BCUT2D eigenvalue weighted by Gasteiger charge is 2.23. The van der Waals surface area contributed by atoms with Crippen LogP contribution in [0.25, 0.3) is 0 Å². The summed E-state index contributed by atoms with van der Waals surface area (Å²) in [5.41, 5.74) is 7.15. The van der Waals surface area contributed by atoms with E-state index in [1.54, 1.807) is 6.07 Å². The van der Waals surface area contributed by atoms with Crippen molar-refractivity contribution in [1.29, 1.82) is 0 Å². The molecule has 1 saturated carbocycles. The molecule has 0 saturated heterocycles. The number of hydrogen-bond acceptors (Lipinski definition) is 1. The van der Waals surface area contributed by atoms with Gasteiger partial charge in [-0.2, -0.15) is 0 Å². The predicted molar refractivity (Wildman–Crippen MR) is 67.6 cm³/mol. The molecule has 2 rings (SSSR count). The summed E-state index contributed by atoms with van der Waals surface area (Å²) >= 11 is 3.29. The van der Waals surface area contributed by atoms with Crippen LogP contribution in [0.15, 0.2) is 22.7 Å². The molecule has 1 atom stereocenters. The summed E-state index contributed by atoms with van der Waals surface area (Å²) in [5, 5.41) is 0. The maximum Gasteiger partial charge on any atom is 0.137 e. The van der Waals surface area contributed by atoms with Gasteiger partial charge in [-0.05, 0) is 46.3 Å². The van der Waals surface area contributed by atoms with E-state index in [-0.39, 0.29) is 11.9 Å². The first-order valence-electron chi connectivity index (χ1n) is 5.89. The van der Waals surface area contributed by atoms with Gasteiger partial charge >= 0.3 is 0 Å². The second-order valence-corrected chi connectivity index (χ2v) is 5.36. The molecule has 88 valence electrons. The van der Waals surface area contributed by atoms with Crippen molar-refractivity contribution in [2.24, 2.45) is 11.7 Å². The van der Waals surface area contributed by atoms with E-state index in [0.717, 1.165) is 5.56 Å². The molecule has 1 aliphatic rings. The van der Waals surface area contributed by atoms with Crippen molar-refractivity contribution in [3.8, 4) is 0 Å². The molecule has 3 heteroatoms. The zero-order chi connectivity index (χ0) is 11.5. The maximum absolute atomic E-state index is 13.4. The molecule has 1 nitrogen and oxygen atoms in total. The molecule has 0 unspecified atom stereocenters. The second-order valence-electron chi connectivity index (χ2n) is 4.57. The van der Waals surface area contributed by atoms with Gasteiger partial charge in [0.2, 0.25) is 0 Å². The average molecular weight is 286 g/mol. The predicted octanol–water partition coefficient (Wildman–Crippen LogP) is 4.17. The molecule has 0 bridgehead atoms. The van der Waals surface area contributed by atoms with E-state index in [1.165, 1.54) is 38.2 Å². The van der Waals surface area contributed by atoms with E-state index in [9.17, 15) is 4.39 Å². The maximum atomic E-state index is 13.4. The third-order valence-corrected chi connectivity index (χ3v) is 4.33. The van der Waals surface area contributed by atoms with Gasteiger partial charge in [-0.1, -0.05) is 31.4 Å². The van der Waals surface area contributed by atoms with Gasteiger partial charge in [0, 0.05) is 6.04 Å². The summed E-state index contributed by atoms with van der Waals surface area (Å²) in [5.74, 6) is 0.288. The van der Waals surface area contributed by atoms with Gasteiger partial charge < -0.3 is 5.73 Å². The smallest absolute Gasteiger partial charge is 0.137 e. The zero-order valence-corrected chi connectivity index (χ0v) is 10.8. The zero-order valence-electron chi connectivity index (χ0n) is 9.26. The summed E-state index contributed by atoms with van der Waals surface area (Å²) in [6, 6.07) is 5.08. The topological polar surface area (TPSA) is 26.0 Å².